The number of rotatable bonds is 6. The molecule has 2 fully saturated rings. The smallest absolute Gasteiger partial charge is 0.354 e. The minimum atomic E-state index is -1.26. The second kappa shape index (κ2) is 12.8. The number of furan rings is 1. The van der Waals surface area contributed by atoms with E-state index in [1.807, 2.05) is 13.0 Å². The SMILES string of the molecule is Cc1cc2cc(N=C(/N=C\C3CCCCN(CC(=O)N4CCCC4)C3=O)NC(=O)c3ccnc(C(=O)O)c3)ccc2o1. The van der Waals surface area contributed by atoms with E-state index in [1.54, 1.807) is 28.0 Å². The quantitative estimate of drug-likeness (QED) is 0.338. The molecule has 2 aromatic heterocycles. The fourth-order valence-corrected chi connectivity index (χ4v) is 5.13. The molecule has 1 aromatic carbocycles. The fourth-order valence-electron chi connectivity index (χ4n) is 5.13. The zero-order valence-corrected chi connectivity index (χ0v) is 23.3. The predicted molar refractivity (Wildman–Crippen MR) is 155 cm³/mol. The van der Waals surface area contributed by atoms with Gasteiger partial charge in [0, 0.05) is 43.0 Å². The van der Waals surface area contributed by atoms with Crippen molar-refractivity contribution in [3.63, 3.8) is 0 Å². The third-order valence-corrected chi connectivity index (χ3v) is 7.31. The van der Waals surface area contributed by atoms with Crippen LogP contribution in [0.1, 0.15) is 58.7 Å². The van der Waals surface area contributed by atoms with Crippen LogP contribution in [0, 0.1) is 12.8 Å². The number of carboxylic acids is 1. The Bertz CT molecular complexity index is 1570. The van der Waals surface area contributed by atoms with Crippen LogP contribution in [-0.2, 0) is 9.59 Å². The Kier molecular flexibility index (Phi) is 8.70. The second-order valence-electron chi connectivity index (χ2n) is 10.4. The van der Waals surface area contributed by atoms with Crippen molar-refractivity contribution in [3.05, 3.63) is 59.6 Å². The largest absolute Gasteiger partial charge is 0.477 e. The number of aryl methyl sites for hydroxylation is 1. The molecule has 3 amide bonds. The molecule has 0 spiro atoms. The summed E-state index contributed by atoms with van der Waals surface area (Å²) in [7, 11) is 0. The zero-order valence-electron chi connectivity index (χ0n) is 23.3. The maximum atomic E-state index is 13.4. The van der Waals surface area contributed by atoms with Gasteiger partial charge < -0.3 is 19.3 Å². The molecule has 2 aliphatic heterocycles. The van der Waals surface area contributed by atoms with E-state index in [9.17, 15) is 24.3 Å². The van der Waals surface area contributed by atoms with Crippen molar-refractivity contribution in [1.82, 2.24) is 20.1 Å². The number of guanidine groups is 1. The van der Waals surface area contributed by atoms with Gasteiger partial charge in [-0.1, -0.05) is 6.42 Å². The van der Waals surface area contributed by atoms with Gasteiger partial charge in [-0.25, -0.2) is 19.8 Å². The second-order valence-corrected chi connectivity index (χ2v) is 10.4. The summed E-state index contributed by atoms with van der Waals surface area (Å²) in [6.07, 6.45) is 6.76. The van der Waals surface area contributed by atoms with Crippen molar-refractivity contribution in [1.29, 1.82) is 0 Å². The lowest BCUT2D eigenvalue weighted by molar-refractivity contribution is -0.140. The van der Waals surface area contributed by atoms with E-state index in [0.717, 1.165) is 56.0 Å². The number of hydrogen-bond donors (Lipinski definition) is 2. The third kappa shape index (κ3) is 6.88. The number of fused-ring (bicyclic) bond motifs is 1. The summed E-state index contributed by atoms with van der Waals surface area (Å²) < 4.78 is 5.63. The van der Waals surface area contributed by atoms with Crippen molar-refractivity contribution in [2.24, 2.45) is 15.9 Å². The Morgan fingerprint density at radius 1 is 1.10 bits per heavy atom. The lowest BCUT2D eigenvalue weighted by Crippen LogP contribution is -2.44. The molecule has 2 N–H and O–H groups in total. The highest BCUT2D eigenvalue weighted by Gasteiger charge is 2.29. The van der Waals surface area contributed by atoms with Crippen LogP contribution in [0.5, 0.6) is 0 Å². The Morgan fingerprint density at radius 2 is 1.88 bits per heavy atom. The molecule has 3 aromatic rings. The molecular weight excluding hydrogens is 540 g/mol. The van der Waals surface area contributed by atoms with Crippen LogP contribution in [0.2, 0.25) is 0 Å². The van der Waals surface area contributed by atoms with Crippen LogP contribution in [0.3, 0.4) is 0 Å². The average Bonchev–Trinajstić information content (AvgIpc) is 3.61. The molecule has 12 heteroatoms. The van der Waals surface area contributed by atoms with Gasteiger partial charge in [0.25, 0.3) is 5.91 Å². The summed E-state index contributed by atoms with van der Waals surface area (Å²) in [4.78, 5) is 66.7. The number of carbonyl (C=O) groups is 4. The summed E-state index contributed by atoms with van der Waals surface area (Å²) >= 11 is 0. The number of carboxylic acid groups (broad SMARTS) is 1. The number of aliphatic imine (C=N–C) groups is 2. The molecule has 2 aliphatic rings. The van der Waals surface area contributed by atoms with Crippen LogP contribution in [0.4, 0.5) is 5.69 Å². The monoisotopic (exact) mass is 572 g/mol. The fraction of sp³-hybridized carbons (Fsp3) is 0.367. The minimum Gasteiger partial charge on any atom is -0.477 e. The molecule has 1 atom stereocenters. The molecule has 0 saturated carbocycles. The van der Waals surface area contributed by atoms with Gasteiger partial charge >= 0.3 is 5.97 Å². The number of hydrogen-bond acceptors (Lipinski definition) is 7. The Hall–Kier alpha value is -4.87. The van der Waals surface area contributed by atoms with E-state index in [1.165, 1.54) is 18.5 Å². The van der Waals surface area contributed by atoms with E-state index in [-0.39, 0.29) is 35.6 Å². The van der Waals surface area contributed by atoms with Gasteiger partial charge in [-0.3, -0.25) is 19.7 Å². The van der Waals surface area contributed by atoms with Gasteiger partial charge in [0.05, 0.1) is 18.2 Å². The number of pyridine rings is 1. The maximum Gasteiger partial charge on any atom is 0.354 e. The van der Waals surface area contributed by atoms with Crippen LogP contribution in [0.15, 0.2) is 57.0 Å². The highest BCUT2D eigenvalue weighted by Crippen LogP contribution is 2.24. The molecule has 12 nitrogen and oxygen atoms in total. The Labute approximate surface area is 242 Å². The van der Waals surface area contributed by atoms with E-state index in [0.29, 0.717) is 24.2 Å². The average molecular weight is 573 g/mol. The van der Waals surface area contributed by atoms with E-state index >= 15 is 0 Å². The summed E-state index contributed by atoms with van der Waals surface area (Å²) in [6, 6.07) is 9.66. The first-order valence-corrected chi connectivity index (χ1v) is 14.0. The van der Waals surface area contributed by atoms with Crippen molar-refractivity contribution in [3.8, 4) is 0 Å². The number of likely N-dealkylation sites (tertiary alicyclic amines) is 2. The molecule has 1 unspecified atom stereocenters. The third-order valence-electron chi connectivity index (χ3n) is 7.31. The lowest BCUT2D eigenvalue weighted by Gasteiger charge is -2.25. The van der Waals surface area contributed by atoms with E-state index < -0.39 is 17.8 Å². The van der Waals surface area contributed by atoms with Gasteiger partial charge in [0.1, 0.15) is 17.0 Å². The van der Waals surface area contributed by atoms with Crippen LogP contribution in [0.25, 0.3) is 11.0 Å². The highest BCUT2D eigenvalue weighted by atomic mass is 16.4. The number of aromatic carboxylic acids is 1. The summed E-state index contributed by atoms with van der Waals surface area (Å²) in [5.41, 5.74) is 0.953. The summed E-state index contributed by atoms with van der Waals surface area (Å²) in [5.74, 6) is -2.07. The molecular formula is C30H32N6O6. The van der Waals surface area contributed by atoms with Crippen molar-refractivity contribution in [2.75, 3.05) is 26.2 Å². The van der Waals surface area contributed by atoms with E-state index in [4.69, 9.17) is 4.42 Å². The van der Waals surface area contributed by atoms with Crippen LogP contribution < -0.4 is 5.32 Å². The van der Waals surface area contributed by atoms with Gasteiger partial charge in [-0.15, -0.1) is 0 Å². The van der Waals surface area contributed by atoms with Crippen LogP contribution in [-0.4, -0.2) is 81.9 Å². The first-order chi connectivity index (χ1) is 20.3. The zero-order chi connectivity index (χ0) is 29.6. The molecule has 42 heavy (non-hydrogen) atoms. The number of benzene rings is 1. The minimum absolute atomic E-state index is 0.0406. The predicted octanol–water partition coefficient (Wildman–Crippen LogP) is 3.57. The molecule has 0 radical (unpaired) electrons. The number of aromatic nitrogens is 1. The molecule has 4 heterocycles. The van der Waals surface area contributed by atoms with Crippen molar-refractivity contribution in [2.45, 2.75) is 39.0 Å². The first kappa shape index (κ1) is 28.7. The number of nitrogens with one attached hydrogen (secondary N) is 1. The Morgan fingerprint density at radius 3 is 2.67 bits per heavy atom. The van der Waals surface area contributed by atoms with Gasteiger partial charge in [0.15, 0.2) is 0 Å². The first-order valence-electron chi connectivity index (χ1n) is 14.0. The topological polar surface area (TPSA) is 158 Å². The number of nitrogens with zero attached hydrogens (tertiary/aromatic N) is 5. The maximum absolute atomic E-state index is 13.4. The van der Waals surface area contributed by atoms with E-state index in [2.05, 4.69) is 20.3 Å². The normalized spacial score (nSPS) is 18.1. The Balaban J connectivity index is 1.40. The highest BCUT2D eigenvalue weighted by molar-refractivity contribution is 6.09. The molecule has 0 bridgehead atoms. The van der Waals surface area contributed by atoms with Crippen molar-refractivity contribution >= 4 is 52.5 Å². The summed E-state index contributed by atoms with van der Waals surface area (Å²) in [5, 5.41) is 12.7. The van der Waals surface area contributed by atoms with Gasteiger partial charge in [0.2, 0.25) is 17.8 Å². The summed E-state index contributed by atoms with van der Waals surface area (Å²) in [6.45, 7) is 3.82. The molecule has 2 saturated heterocycles. The van der Waals surface area contributed by atoms with Crippen LogP contribution >= 0.6 is 0 Å². The van der Waals surface area contributed by atoms with Gasteiger partial charge in [-0.2, -0.15) is 0 Å². The van der Waals surface area contributed by atoms with Crippen molar-refractivity contribution < 1.29 is 28.7 Å². The van der Waals surface area contributed by atoms with Gasteiger partial charge in [-0.05, 0) is 69.0 Å². The molecule has 0 aliphatic carbocycles. The number of carbonyl (C=O) groups excluding carboxylic acids is 3. The molecule has 5 rings (SSSR count). The lowest BCUT2D eigenvalue weighted by atomic mass is 10.0. The number of amides is 3. The molecule has 218 valence electrons. The standard InChI is InChI=1S/C30H32N6O6/c1-19-14-22-15-23(7-8-25(22)42-19)33-30(34-27(38)20-9-10-31-24(16-20)29(40)41)32-17-21-6-2-3-13-36(28(21)39)18-26(37)35-11-4-5-12-35/h7-10,14-17,21H,2-6,11-13,18H2,1H3,(H,40,41)(H,33,34,38)/b32-17-.